The second-order valence-corrected chi connectivity index (χ2v) is 11.6. The number of sulfone groups is 1. The average molecular weight is 473 g/mol. The molecule has 1 amide bonds. The Morgan fingerprint density at radius 1 is 1.25 bits per heavy atom. The van der Waals surface area contributed by atoms with Crippen molar-refractivity contribution in [1.29, 1.82) is 0 Å². The highest BCUT2D eigenvalue weighted by atomic mass is 32.2. The number of rotatable bonds is 6. The molecule has 0 radical (unpaired) electrons. The van der Waals surface area contributed by atoms with Crippen molar-refractivity contribution in [2.45, 2.75) is 44.0 Å². The van der Waals surface area contributed by atoms with E-state index < -0.39 is 9.84 Å². The largest absolute Gasteiger partial charge is 0.353 e. The molecule has 1 atom stereocenters. The van der Waals surface area contributed by atoms with E-state index in [9.17, 15) is 13.2 Å². The lowest BCUT2D eigenvalue weighted by molar-refractivity contribution is -0.126. The quantitative estimate of drug-likeness (QED) is 0.591. The zero-order valence-electron chi connectivity index (χ0n) is 18.5. The number of amides is 1. The van der Waals surface area contributed by atoms with E-state index in [-0.39, 0.29) is 22.8 Å². The van der Waals surface area contributed by atoms with Crippen molar-refractivity contribution >= 4 is 43.9 Å². The molecule has 3 heterocycles. The molecular formula is C23H28N4O3S2. The minimum atomic E-state index is -3.31. The third-order valence-electron chi connectivity index (χ3n) is 5.90. The van der Waals surface area contributed by atoms with Crippen molar-refractivity contribution in [3.05, 3.63) is 46.3 Å². The second kappa shape index (κ2) is 9.15. The van der Waals surface area contributed by atoms with Gasteiger partial charge in [-0.3, -0.25) is 4.79 Å². The number of nitrogens with one attached hydrogen (secondary N) is 1. The molecule has 1 saturated heterocycles. The fraction of sp³-hybridized carbons (Fsp3) is 0.435. The van der Waals surface area contributed by atoms with Gasteiger partial charge < -0.3 is 10.2 Å². The summed E-state index contributed by atoms with van der Waals surface area (Å²) in [6, 6.07) is 9.20. The van der Waals surface area contributed by atoms with E-state index in [0.29, 0.717) is 24.6 Å². The zero-order valence-corrected chi connectivity index (χ0v) is 20.2. The van der Waals surface area contributed by atoms with Crippen LogP contribution in [0.4, 0.5) is 5.95 Å². The predicted molar refractivity (Wildman–Crippen MR) is 128 cm³/mol. The number of anilines is 1. The van der Waals surface area contributed by atoms with Gasteiger partial charge in [0.2, 0.25) is 11.9 Å². The molecule has 2 aromatic heterocycles. The molecule has 0 saturated carbocycles. The number of carbonyl (C=O) groups excluding carboxylic acids is 1. The molecule has 3 aromatic rings. The van der Waals surface area contributed by atoms with E-state index in [2.05, 4.69) is 31.6 Å². The zero-order chi connectivity index (χ0) is 22.9. The Balaban J connectivity index is 1.41. The fourth-order valence-electron chi connectivity index (χ4n) is 4.11. The van der Waals surface area contributed by atoms with Crippen molar-refractivity contribution in [3.8, 4) is 0 Å². The summed E-state index contributed by atoms with van der Waals surface area (Å²) in [7, 11) is -3.31. The van der Waals surface area contributed by atoms with Crippen LogP contribution < -0.4 is 10.2 Å². The van der Waals surface area contributed by atoms with Crippen molar-refractivity contribution in [3.63, 3.8) is 0 Å². The Morgan fingerprint density at radius 2 is 2.00 bits per heavy atom. The minimum Gasteiger partial charge on any atom is -0.353 e. The van der Waals surface area contributed by atoms with E-state index in [4.69, 9.17) is 0 Å². The van der Waals surface area contributed by atoms with E-state index in [1.807, 2.05) is 19.9 Å². The van der Waals surface area contributed by atoms with Crippen LogP contribution in [0.1, 0.15) is 30.3 Å². The van der Waals surface area contributed by atoms with Gasteiger partial charge >= 0.3 is 0 Å². The third-order valence-corrected chi connectivity index (χ3v) is 7.91. The maximum Gasteiger partial charge on any atom is 0.226 e. The first-order valence-corrected chi connectivity index (χ1v) is 13.5. The number of hydrogen-bond acceptors (Lipinski definition) is 7. The van der Waals surface area contributed by atoms with Gasteiger partial charge in [-0.15, -0.1) is 11.3 Å². The van der Waals surface area contributed by atoms with Gasteiger partial charge in [0.05, 0.1) is 16.1 Å². The van der Waals surface area contributed by atoms with Crippen LogP contribution in [0.15, 0.2) is 40.6 Å². The molecule has 0 aliphatic carbocycles. The summed E-state index contributed by atoms with van der Waals surface area (Å²) in [6.07, 6.45) is 3.52. The van der Waals surface area contributed by atoms with Crippen LogP contribution in [0.5, 0.6) is 0 Å². The normalized spacial score (nSPS) is 16.3. The third kappa shape index (κ3) is 5.10. The van der Waals surface area contributed by atoms with Gasteiger partial charge in [0.25, 0.3) is 0 Å². The highest BCUT2D eigenvalue weighted by Gasteiger charge is 2.27. The summed E-state index contributed by atoms with van der Waals surface area (Å²) in [5.74, 6) is 0.683. The molecule has 0 bridgehead atoms. The van der Waals surface area contributed by atoms with Gasteiger partial charge in [-0.25, -0.2) is 18.4 Å². The van der Waals surface area contributed by atoms with Crippen LogP contribution in [0, 0.1) is 12.8 Å². The molecule has 7 nitrogen and oxygen atoms in total. The van der Waals surface area contributed by atoms with Gasteiger partial charge in [0, 0.05) is 48.0 Å². The Morgan fingerprint density at radius 3 is 2.66 bits per heavy atom. The molecule has 1 aromatic carbocycles. The standard InChI is InChI=1S/C23H28N4O3S2/c1-15(13-18-5-4-12-31-18)24-22(28)17-8-10-27(11-9-17)23-25-16(2)20-7-6-19(32(3,29)30)14-21(20)26-23/h4-7,12,14-15,17H,8-11,13H2,1-3H3,(H,24,28)/t15-/m1/s1. The van der Waals surface area contributed by atoms with Crippen LogP contribution in [-0.4, -0.2) is 49.7 Å². The number of hydrogen-bond donors (Lipinski definition) is 1. The number of aryl methyl sites for hydroxylation is 1. The lowest BCUT2D eigenvalue weighted by Crippen LogP contribution is -2.44. The molecule has 32 heavy (non-hydrogen) atoms. The van der Waals surface area contributed by atoms with Crippen LogP contribution in [0.25, 0.3) is 10.9 Å². The Bertz CT molecular complexity index is 1220. The Kier molecular flexibility index (Phi) is 6.48. The predicted octanol–water partition coefficient (Wildman–Crippen LogP) is 3.37. The monoisotopic (exact) mass is 472 g/mol. The molecule has 1 aliphatic rings. The fourth-order valence-corrected chi connectivity index (χ4v) is 5.59. The number of thiophene rings is 1. The van der Waals surface area contributed by atoms with E-state index in [1.54, 1.807) is 29.5 Å². The molecule has 0 spiro atoms. The highest BCUT2D eigenvalue weighted by molar-refractivity contribution is 7.90. The van der Waals surface area contributed by atoms with Crippen LogP contribution in [0.2, 0.25) is 0 Å². The summed E-state index contributed by atoms with van der Waals surface area (Å²) in [6.45, 7) is 5.33. The van der Waals surface area contributed by atoms with Crippen molar-refractivity contribution in [2.24, 2.45) is 5.92 Å². The number of nitrogens with zero attached hydrogens (tertiary/aromatic N) is 3. The SMILES string of the molecule is Cc1nc(N2CCC(C(=O)N[C@H](C)Cc3cccs3)CC2)nc2cc(S(C)(=O)=O)ccc12. The van der Waals surface area contributed by atoms with Crippen LogP contribution in [0.3, 0.4) is 0 Å². The molecule has 9 heteroatoms. The number of fused-ring (bicyclic) bond motifs is 1. The minimum absolute atomic E-state index is 0.0181. The molecule has 4 rings (SSSR count). The first-order chi connectivity index (χ1) is 15.2. The van der Waals surface area contributed by atoms with E-state index in [0.717, 1.165) is 30.3 Å². The first kappa shape index (κ1) is 22.7. The topological polar surface area (TPSA) is 92.3 Å². The molecule has 0 unspecified atom stereocenters. The van der Waals surface area contributed by atoms with E-state index >= 15 is 0 Å². The molecule has 1 aliphatic heterocycles. The Hall–Kier alpha value is -2.52. The number of benzene rings is 1. The maximum atomic E-state index is 12.7. The molecule has 1 fully saturated rings. The summed E-state index contributed by atoms with van der Waals surface area (Å²) in [5.41, 5.74) is 1.44. The molecular weight excluding hydrogens is 444 g/mol. The van der Waals surface area contributed by atoms with Gasteiger partial charge in [-0.2, -0.15) is 0 Å². The molecule has 1 N–H and O–H groups in total. The van der Waals surface area contributed by atoms with Crippen LogP contribution >= 0.6 is 11.3 Å². The second-order valence-electron chi connectivity index (χ2n) is 8.51. The lowest BCUT2D eigenvalue weighted by Gasteiger charge is -2.32. The number of aromatic nitrogens is 2. The summed E-state index contributed by atoms with van der Waals surface area (Å²) >= 11 is 1.71. The maximum absolute atomic E-state index is 12.7. The lowest BCUT2D eigenvalue weighted by atomic mass is 9.95. The van der Waals surface area contributed by atoms with Gasteiger partial charge in [0.15, 0.2) is 9.84 Å². The highest BCUT2D eigenvalue weighted by Crippen LogP contribution is 2.26. The smallest absolute Gasteiger partial charge is 0.226 e. The van der Waals surface area contributed by atoms with Crippen molar-refractivity contribution < 1.29 is 13.2 Å². The van der Waals surface area contributed by atoms with Gasteiger partial charge in [0.1, 0.15) is 0 Å². The van der Waals surface area contributed by atoms with Crippen molar-refractivity contribution in [1.82, 2.24) is 15.3 Å². The van der Waals surface area contributed by atoms with Crippen LogP contribution in [-0.2, 0) is 21.1 Å². The van der Waals surface area contributed by atoms with E-state index in [1.165, 1.54) is 11.1 Å². The first-order valence-electron chi connectivity index (χ1n) is 10.8. The van der Waals surface area contributed by atoms with Crippen molar-refractivity contribution in [2.75, 3.05) is 24.2 Å². The number of carbonyl (C=O) groups is 1. The molecule has 170 valence electrons. The average Bonchev–Trinajstić information content (AvgIpc) is 3.25. The number of piperidine rings is 1. The van der Waals surface area contributed by atoms with Gasteiger partial charge in [-0.05, 0) is 56.3 Å². The Labute approximate surface area is 192 Å². The van der Waals surface area contributed by atoms with Gasteiger partial charge in [-0.1, -0.05) is 6.07 Å². The summed E-state index contributed by atoms with van der Waals surface area (Å²) in [5, 5.41) is 6.05. The summed E-state index contributed by atoms with van der Waals surface area (Å²) in [4.78, 5) is 25.6. The summed E-state index contributed by atoms with van der Waals surface area (Å²) < 4.78 is 23.8.